The first kappa shape index (κ1) is 20.2. The predicted octanol–water partition coefficient (Wildman–Crippen LogP) is 4.50. The van der Waals surface area contributed by atoms with E-state index in [1.807, 2.05) is 19.1 Å². The standard InChI is InChI=1S/C23H34O4/c1-16-13-18(26-5)17-7-11-22(4,27-19(17)14-16)12-8-20-21(2,3)9-6-10-23(20,25)15-24/h7,11,13-14,20,24-25H,6,8-10,12,15H2,1-5H3/t20?,22-,23-/m1/s1. The van der Waals surface area contributed by atoms with Crippen LogP contribution in [0.15, 0.2) is 18.2 Å². The van der Waals surface area contributed by atoms with Crippen LogP contribution < -0.4 is 9.47 Å². The van der Waals surface area contributed by atoms with Crippen molar-refractivity contribution >= 4 is 6.08 Å². The third-order valence-electron chi connectivity index (χ3n) is 6.64. The minimum absolute atomic E-state index is 0.00217. The van der Waals surface area contributed by atoms with E-state index in [9.17, 15) is 10.2 Å². The van der Waals surface area contributed by atoms with Crippen LogP contribution >= 0.6 is 0 Å². The molecule has 150 valence electrons. The second kappa shape index (κ2) is 7.14. The van der Waals surface area contributed by atoms with E-state index >= 15 is 0 Å². The minimum Gasteiger partial charge on any atom is -0.496 e. The van der Waals surface area contributed by atoms with E-state index in [0.717, 1.165) is 48.3 Å². The minimum atomic E-state index is -0.992. The van der Waals surface area contributed by atoms with Gasteiger partial charge in [0.05, 0.1) is 24.9 Å². The lowest BCUT2D eigenvalue weighted by molar-refractivity contribution is -0.135. The second-order valence-electron chi connectivity index (χ2n) is 9.32. The number of methoxy groups -OCH3 is 1. The van der Waals surface area contributed by atoms with Crippen molar-refractivity contribution in [2.45, 2.75) is 71.0 Å². The highest BCUT2D eigenvalue weighted by Gasteiger charge is 2.48. The van der Waals surface area contributed by atoms with Crippen LogP contribution in [-0.4, -0.2) is 35.1 Å². The molecule has 2 N–H and O–H groups in total. The second-order valence-corrected chi connectivity index (χ2v) is 9.32. The van der Waals surface area contributed by atoms with Crippen LogP contribution in [-0.2, 0) is 0 Å². The zero-order chi connectivity index (χ0) is 19.9. The van der Waals surface area contributed by atoms with Gasteiger partial charge in [0.1, 0.15) is 17.1 Å². The Morgan fingerprint density at radius 2 is 1.96 bits per heavy atom. The van der Waals surface area contributed by atoms with Crippen LogP contribution in [0.4, 0.5) is 0 Å². The van der Waals surface area contributed by atoms with E-state index < -0.39 is 11.2 Å². The SMILES string of the molecule is COc1cc(C)cc2c1C=C[C@](C)(CCC1C(C)(C)CCC[C@@]1(O)CO)O2. The molecule has 4 heteroatoms. The molecule has 0 saturated heterocycles. The van der Waals surface area contributed by atoms with E-state index in [2.05, 4.69) is 32.9 Å². The van der Waals surface area contributed by atoms with Gasteiger partial charge >= 0.3 is 0 Å². The first-order chi connectivity index (χ1) is 12.6. The fourth-order valence-electron chi connectivity index (χ4n) is 5.03. The molecule has 1 aromatic rings. The monoisotopic (exact) mass is 374 g/mol. The molecule has 3 atom stereocenters. The van der Waals surface area contributed by atoms with Crippen molar-refractivity contribution in [3.05, 3.63) is 29.3 Å². The van der Waals surface area contributed by atoms with E-state index in [1.54, 1.807) is 7.11 Å². The highest BCUT2D eigenvalue weighted by atomic mass is 16.5. The van der Waals surface area contributed by atoms with Gasteiger partial charge in [-0.15, -0.1) is 0 Å². The van der Waals surface area contributed by atoms with Crippen molar-refractivity contribution in [3.8, 4) is 11.5 Å². The van der Waals surface area contributed by atoms with Crippen molar-refractivity contribution in [2.75, 3.05) is 13.7 Å². The number of aryl methyl sites for hydroxylation is 1. The van der Waals surface area contributed by atoms with Gasteiger partial charge in [0.15, 0.2) is 0 Å². The number of ether oxygens (including phenoxy) is 2. The highest BCUT2D eigenvalue weighted by Crippen LogP contribution is 2.49. The summed E-state index contributed by atoms with van der Waals surface area (Å²) in [6.45, 7) is 8.37. The van der Waals surface area contributed by atoms with Crippen LogP contribution in [0.3, 0.4) is 0 Å². The number of hydrogen-bond donors (Lipinski definition) is 2. The quantitative estimate of drug-likeness (QED) is 0.797. The Morgan fingerprint density at radius 1 is 1.22 bits per heavy atom. The average Bonchev–Trinajstić information content (AvgIpc) is 2.59. The van der Waals surface area contributed by atoms with Gasteiger partial charge < -0.3 is 19.7 Å². The van der Waals surface area contributed by atoms with Gasteiger partial charge in [-0.25, -0.2) is 0 Å². The van der Waals surface area contributed by atoms with Gasteiger partial charge in [-0.3, -0.25) is 0 Å². The number of fused-ring (bicyclic) bond motifs is 1. The van der Waals surface area contributed by atoms with Crippen molar-refractivity contribution < 1.29 is 19.7 Å². The summed E-state index contributed by atoms with van der Waals surface area (Å²) in [7, 11) is 1.68. The average molecular weight is 375 g/mol. The molecule has 0 radical (unpaired) electrons. The summed E-state index contributed by atoms with van der Waals surface area (Å²) < 4.78 is 11.9. The van der Waals surface area contributed by atoms with Crippen LogP contribution in [0.5, 0.6) is 11.5 Å². The molecule has 0 aromatic heterocycles. The first-order valence-electron chi connectivity index (χ1n) is 10.0. The van der Waals surface area contributed by atoms with Crippen LogP contribution in [0.25, 0.3) is 6.08 Å². The topological polar surface area (TPSA) is 58.9 Å². The lowest BCUT2D eigenvalue weighted by atomic mass is 9.59. The third-order valence-corrected chi connectivity index (χ3v) is 6.64. The molecule has 0 bridgehead atoms. The summed E-state index contributed by atoms with van der Waals surface area (Å²) >= 11 is 0. The maximum atomic E-state index is 11.0. The van der Waals surface area contributed by atoms with Gasteiger partial charge in [-0.2, -0.15) is 0 Å². The number of benzene rings is 1. The summed E-state index contributed by atoms with van der Waals surface area (Å²) in [5, 5.41) is 20.9. The van der Waals surface area contributed by atoms with Crippen LogP contribution in [0, 0.1) is 18.3 Å². The largest absolute Gasteiger partial charge is 0.496 e. The zero-order valence-electron chi connectivity index (χ0n) is 17.3. The third kappa shape index (κ3) is 3.88. The van der Waals surface area contributed by atoms with Crippen molar-refractivity contribution in [3.63, 3.8) is 0 Å². The number of rotatable bonds is 5. The molecule has 1 aromatic carbocycles. The summed E-state index contributed by atoms with van der Waals surface area (Å²) in [6, 6.07) is 4.06. The molecule has 27 heavy (non-hydrogen) atoms. The number of hydrogen-bond acceptors (Lipinski definition) is 4. The van der Waals surface area contributed by atoms with Gasteiger partial charge in [-0.1, -0.05) is 13.8 Å². The Labute approximate surface area is 163 Å². The number of aliphatic hydroxyl groups is 2. The lowest BCUT2D eigenvalue weighted by Crippen LogP contribution is -2.52. The van der Waals surface area contributed by atoms with Crippen molar-refractivity contribution in [2.24, 2.45) is 11.3 Å². The Bertz CT molecular complexity index is 723. The van der Waals surface area contributed by atoms with Gasteiger partial charge in [0.2, 0.25) is 0 Å². The molecule has 4 nitrogen and oxygen atoms in total. The molecule has 0 amide bonds. The van der Waals surface area contributed by atoms with E-state index in [4.69, 9.17) is 9.47 Å². The lowest BCUT2D eigenvalue weighted by Gasteiger charge is -2.49. The van der Waals surface area contributed by atoms with Crippen molar-refractivity contribution in [1.82, 2.24) is 0 Å². The van der Waals surface area contributed by atoms with Gasteiger partial charge in [-0.05, 0) is 87.1 Å². The molecular weight excluding hydrogens is 340 g/mol. The number of aliphatic hydroxyl groups excluding tert-OH is 1. The van der Waals surface area contributed by atoms with Crippen LogP contribution in [0.2, 0.25) is 0 Å². The molecule has 1 fully saturated rings. The summed E-state index contributed by atoms with van der Waals surface area (Å²) in [5.41, 5.74) is 0.656. The normalized spacial score (nSPS) is 31.9. The predicted molar refractivity (Wildman–Crippen MR) is 108 cm³/mol. The molecule has 2 aliphatic rings. The van der Waals surface area contributed by atoms with E-state index in [0.29, 0.717) is 6.42 Å². The zero-order valence-corrected chi connectivity index (χ0v) is 17.3. The molecule has 1 aliphatic heterocycles. The fraction of sp³-hybridized carbons (Fsp3) is 0.652. The smallest absolute Gasteiger partial charge is 0.131 e. The van der Waals surface area contributed by atoms with Crippen molar-refractivity contribution in [1.29, 1.82) is 0 Å². The highest BCUT2D eigenvalue weighted by molar-refractivity contribution is 5.68. The van der Waals surface area contributed by atoms with E-state index in [1.165, 1.54) is 0 Å². The summed E-state index contributed by atoms with van der Waals surface area (Å²) in [5.74, 6) is 1.72. The molecular formula is C23H34O4. The Morgan fingerprint density at radius 3 is 2.63 bits per heavy atom. The Hall–Kier alpha value is -1.52. The Kier molecular flexibility index (Phi) is 5.35. The molecule has 1 heterocycles. The van der Waals surface area contributed by atoms with E-state index in [-0.39, 0.29) is 17.9 Å². The molecule has 1 unspecified atom stereocenters. The Balaban J connectivity index is 1.80. The molecule has 1 saturated carbocycles. The summed E-state index contributed by atoms with van der Waals surface area (Å²) in [6.07, 6.45) is 8.48. The molecule has 1 aliphatic carbocycles. The molecule has 3 rings (SSSR count). The van der Waals surface area contributed by atoms with Gasteiger partial charge in [0, 0.05) is 0 Å². The summed E-state index contributed by atoms with van der Waals surface area (Å²) in [4.78, 5) is 0. The van der Waals surface area contributed by atoms with Gasteiger partial charge in [0.25, 0.3) is 0 Å². The fourth-order valence-corrected chi connectivity index (χ4v) is 5.03. The maximum Gasteiger partial charge on any atom is 0.131 e. The van der Waals surface area contributed by atoms with Crippen LogP contribution in [0.1, 0.15) is 64.0 Å². The molecule has 0 spiro atoms. The maximum absolute atomic E-state index is 11.0. The first-order valence-corrected chi connectivity index (χ1v) is 10.0.